The fraction of sp³-hybridized carbons (Fsp3) is 0.444. The molecule has 1 aliphatic heterocycles. The molecule has 0 N–H and O–H groups in total. The van der Waals surface area contributed by atoms with Gasteiger partial charge in [0, 0.05) is 45.6 Å². The maximum absolute atomic E-state index is 12.2. The SMILES string of the molecule is CC(=O)N1CCN(C(=O)CCC(=O)OCc2cc(-c3ccco3)on2)CC1. The highest BCUT2D eigenvalue weighted by molar-refractivity contribution is 5.81. The number of furan rings is 1. The van der Waals surface area contributed by atoms with Gasteiger partial charge in [-0.25, -0.2) is 0 Å². The van der Waals surface area contributed by atoms with Gasteiger partial charge in [0.25, 0.3) is 0 Å². The number of ether oxygens (including phenoxy) is 1. The van der Waals surface area contributed by atoms with Gasteiger partial charge in [-0.15, -0.1) is 0 Å². The summed E-state index contributed by atoms with van der Waals surface area (Å²) in [5.41, 5.74) is 0.460. The summed E-state index contributed by atoms with van der Waals surface area (Å²) < 4.78 is 15.4. The number of nitrogens with zero attached hydrogens (tertiary/aromatic N) is 3. The standard InChI is InChI=1S/C18H21N3O6/c1-13(22)20-6-8-21(9-7-20)17(23)4-5-18(24)26-12-14-11-16(27-19-14)15-3-2-10-25-15/h2-3,10-11H,4-9,12H2,1H3. The maximum Gasteiger partial charge on any atom is 0.306 e. The van der Waals surface area contributed by atoms with Gasteiger partial charge in [-0.1, -0.05) is 5.16 Å². The van der Waals surface area contributed by atoms with Crippen LogP contribution in [-0.4, -0.2) is 58.9 Å². The third-order valence-corrected chi connectivity index (χ3v) is 4.32. The highest BCUT2D eigenvalue weighted by atomic mass is 16.5. The Morgan fingerprint density at radius 1 is 1.11 bits per heavy atom. The van der Waals surface area contributed by atoms with Gasteiger partial charge in [0.2, 0.25) is 17.6 Å². The van der Waals surface area contributed by atoms with Crippen molar-refractivity contribution in [2.24, 2.45) is 0 Å². The zero-order valence-corrected chi connectivity index (χ0v) is 15.1. The number of carbonyl (C=O) groups excluding carboxylic acids is 3. The molecule has 2 amide bonds. The van der Waals surface area contributed by atoms with Gasteiger partial charge in [-0.05, 0) is 12.1 Å². The van der Waals surface area contributed by atoms with Crippen molar-refractivity contribution in [2.45, 2.75) is 26.4 Å². The van der Waals surface area contributed by atoms with E-state index in [0.29, 0.717) is 43.4 Å². The van der Waals surface area contributed by atoms with Crippen molar-refractivity contribution in [3.8, 4) is 11.5 Å². The summed E-state index contributed by atoms with van der Waals surface area (Å²) >= 11 is 0. The molecule has 2 aromatic heterocycles. The van der Waals surface area contributed by atoms with Gasteiger partial charge in [-0.2, -0.15) is 0 Å². The first-order chi connectivity index (χ1) is 13.0. The summed E-state index contributed by atoms with van der Waals surface area (Å²) in [5, 5.41) is 3.81. The molecule has 0 saturated carbocycles. The van der Waals surface area contributed by atoms with Crippen LogP contribution in [0.1, 0.15) is 25.5 Å². The predicted octanol–water partition coefficient (Wildman–Crippen LogP) is 1.45. The molecular weight excluding hydrogens is 354 g/mol. The van der Waals surface area contributed by atoms with Gasteiger partial charge in [0.15, 0.2) is 5.76 Å². The number of aromatic nitrogens is 1. The van der Waals surface area contributed by atoms with Crippen molar-refractivity contribution in [3.63, 3.8) is 0 Å². The number of hydrogen-bond donors (Lipinski definition) is 0. The van der Waals surface area contributed by atoms with Crippen molar-refractivity contribution in [3.05, 3.63) is 30.2 Å². The zero-order valence-electron chi connectivity index (χ0n) is 15.1. The van der Waals surface area contributed by atoms with E-state index in [4.69, 9.17) is 13.7 Å². The minimum absolute atomic E-state index is 0.00531. The minimum atomic E-state index is -0.478. The van der Waals surface area contributed by atoms with Crippen LogP contribution in [0.3, 0.4) is 0 Å². The lowest BCUT2D eigenvalue weighted by molar-refractivity contribution is -0.147. The molecule has 144 valence electrons. The predicted molar refractivity (Wildman–Crippen MR) is 92.1 cm³/mol. The Bertz CT molecular complexity index is 790. The fourth-order valence-corrected chi connectivity index (χ4v) is 2.78. The molecule has 2 aromatic rings. The number of rotatable bonds is 6. The molecule has 3 heterocycles. The summed E-state index contributed by atoms with van der Waals surface area (Å²) in [6.07, 6.45) is 1.60. The fourth-order valence-electron chi connectivity index (χ4n) is 2.78. The second kappa shape index (κ2) is 8.52. The van der Waals surface area contributed by atoms with Crippen molar-refractivity contribution in [1.82, 2.24) is 15.0 Å². The van der Waals surface area contributed by atoms with Crippen LogP contribution in [0.5, 0.6) is 0 Å². The molecule has 0 aliphatic carbocycles. The van der Waals surface area contributed by atoms with Gasteiger partial charge < -0.3 is 23.5 Å². The Morgan fingerprint density at radius 3 is 2.52 bits per heavy atom. The van der Waals surface area contributed by atoms with Crippen molar-refractivity contribution < 1.29 is 28.1 Å². The lowest BCUT2D eigenvalue weighted by Crippen LogP contribution is -2.50. The van der Waals surface area contributed by atoms with Gasteiger partial charge in [-0.3, -0.25) is 14.4 Å². The van der Waals surface area contributed by atoms with E-state index < -0.39 is 5.97 Å². The number of hydrogen-bond acceptors (Lipinski definition) is 7. The number of carbonyl (C=O) groups is 3. The Morgan fingerprint density at radius 2 is 1.85 bits per heavy atom. The van der Waals surface area contributed by atoms with Crippen LogP contribution in [0.4, 0.5) is 0 Å². The summed E-state index contributed by atoms with van der Waals surface area (Å²) in [4.78, 5) is 38.7. The van der Waals surface area contributed by atoms with Crippen molar-refractivity contribution >= 4 is 17.8 Å². The third kappa shape index (κ3) is 4.96. The summed E-state index contributed by atoms with van der Waals surface area (Å²) in [6.45, 7) is 3.50. The normalized spacial score (nSPS) is 14.3. The molecule has 27 heavy (non-hydrogen) atoms. The molecule has 9 heteroatoms. The van der Waals surface area contributed by atoms with Crippen LogP contribution < -0.4 is 0 Å². The highest BCUT2D eigenvalue weighted by Gasteiger charge is 2.22. The molecule has 0 aromatic carbocycles. The molecule has 9 nitrogen and oxygen atoms in total. The number of esters is 1. The van der Waals surface area contributed by atoms with E-state index in [9.17, 15) is 14.4 Å². The second-order valence-electron chi connectivity index (χ2n) is 6.21. The molecule has 0 radical (unpaired) electrons. The molecule has 0 bridgehead atoms. The first-order valence-corrected chi connectivity index (χ1v) is 8.71. The Kier molecular flexibility index (Phi) is 5.90. The Hall–Kier alpha value is -3.10. The molecule has 0 spiro atoms. The van der Waals surface area contributed by atoms with E-state index in [0.717, 1.165) is 0 Å². The van der Waals surface area contributed by atoms with Crippen molar-refractivity contribution in [1.29, 1.82) is 0 Å². The Balaban J connectivity index is 1.37. The van der Waals surface area contributed by atoms with Crippen LogP contribution in [0.15, 0.2) is 33.4 Å². The van der Waals surface area contributed by atoms with Crippen LogP contribution in [0, 0.1) is 0 Å². The average Bonchev–Trinajstić information content (AvgIpc) is 3.35. The maximum atomic E-state index is 12.2. The van der Waals surface area contributed by atoms with E-state index >= 15 is 0 Å². The van der Waals surface area contributed by atoms with E-state index in [2.05, 4.69) is 5.16 Å². The quantitative estimate of drug-likeness (QED) is 0.704. The van der Waals surface area contributed by atoms with E-state index in [1.54, 1.807) is 28.0 Å². The zero-order chi connectivity index (χ0) is 19.2. The van der Waals surface area contributed by atoms with E-state index in [-0.39, 0.29) is 31.3 Å². The Labute approximate surface area is 155 Å². The van der Waals surface area contributed by atoms with Crippen LogP contribution in [0.25, 0.3) is 11.5 Å². The van der Waals surface area contributed by atoms with Gasteiger partial charge in [0.05, 0.1) is 12.7 Å². The second-order valence-corrected chi connectivity index (χ2v) is 6.21. The lowest BCUT2D eigenvalue weighted by Gasteiger charge is -2.34. The molecule has 0 unspecified atom stereocenters. The molecule has 1 aliphatic rings. The number of piperazine rings is 1. The van der Waals surface area contributed by atoms with E-state index in [1.165, 1.54) is 13.2 Å². The molecular formula is C18H21N3O6. The summed E-state index contributed by atoms with van der Waals surface area (Å²) in [5.74, 6) is 0.403. The van der Waals surface area contributed by atoms with Gasteiger partial charge in [0.1, 0.15) is 12.3 Å². The lowest BCUT2D eigenvalue weighted by atomic mass is 10.2. The highest BCUT2D eigenvalue weighted by Crippen LogP contribution is 2.20. The van der Waals surface area contributed by atoms with E-state index in [1.807, 2.05) is 0 Å². The number of amides is 2. The smallest absolute Gasteiger partial charge is 0.306 e. The third-order valence-electron chi connectivity index (χ3n) is 4.32. The van der Waals surface area contributed by atoms with Gasteiger partial charge >= 0.3 is 5.97 Å². The largest absolute Gasteiger partial charge is 0.461 e. The molecule has 1 saturated heterocycles. The average molecular weight is 375 g/mol. The van der Waals surface area contributed by atoms with Crippen LogP contribution in [0.2, 0.25) is 0 Å². The molecule has 1 fully saturated rings. The molecule has 3 rings (SSSR count). The summed E-state index contributed by atoms with van der Waals surface area (Å²) in [6, 6.07) is 5.10. The van der Waals surface area contributed by atoms with Crippen LogP contribution in [-0.2, 0) is 25.7 Å². The first kappa shape index (κ1) is 18.7. The van der Waals surface area contributed by atoms with Crippen LogP contribution >= 0.6 is 0 Å². The molecule has 0 atom stereocenters. The monoisotopic (exact) mass is 375 g/mol. The summed E-state index contributed by atoms with van der Waals surface area (Å²) in [7, 11) is 0. The first-order valence-electron chi connectivity index (χ1n) is 8.71. The van der Waals surface area contributed by atoms with Crippen molar-refractivity contribution in [2.75, 3.05) is 26.2 Å². The topological polar surface area (TPSA) is 106 Å². The minimum Gasteiger partial charge on any atom is -0.461 e.